The second kappa shape index (κ2) is 7.25. The van der Waals surface area contributed by atoms with Crippen molar-refractivity contribution >= 4 is 21.5 Å². The standard InChI is InChI=1S/C31H28N2/c1-19(2)15-22-17-23(16-21-10-6-7-11-24(21)22)29-28-30(33-18-32-29)26-14-13-20-9-5-8-12-25(20)27(26)31(28,3)4/h5-14,16-19H,15H2,1-4H3. The largest absolute Gasteiger partial charge is 0.236 e. The highest BCUT2D eigenvalue weighted by Gasteiger charge is 2.40. The van der Waals surface area contributed by atoms with Gasteiger partial charge in [0.25, 0.3) is 0 Å². The molecular weight excluding hydrogens is 400 g/mol. The molecule has 0 saturated carbocycles. The van der Waals surface area contributed by atoms with Crippen molar-refractivity contribution in [3.8, 4) is 22.5 Å². The minimum atomic E-state index is -0.189. The molecule has 162 valence electrons. The fourth-order valence-corrected chi connectivity index (χ4v) is 5.80. The van der Waals surface area contributed by atoms with Gasteiger partial charge >= 0.3 is 0 Å². The van der Waals surface area contributed by atoms with Gasteiger partial charge in [0.05, 0.1) is 11.4 Å². The fraction of sp³-hybridized carbons (Fsp3) is 0.226. The number of rotatable bonds is 3. The van der Waals surface area contributed by atoms with Gasteiger partial charge < -0.3 is 0 Å². The highest BCUT2D eigenvalue weighted by atomic mass is 14.9. The maximum Gasteiger partial charge on any atom is 0.116 e. The zero-order valence-electron chi connectivity index (χ0n) is 19.7. The van der Waals surface area contributed by atoms with Crippen LogP contribution < -0.4 is 0 Å². The summed E-state index contributed by atoms with van der Waals surface area (Å²) in [6, 6.07) is 26.5. The molecule has 0 fully saturated rings. The van der Waals surface area contributed by atoms with Crippen LogP contribution in [0.1, 0.15) is 44.4 Å². The zero-order valence-corrected chi connectivity index (χ0v) is 19.7. The SMILES string of the molecule is CC(C)Cc1cc(-c2ncnc3c2C(C)(C)c2c-3ccc3ccccc23)cc2ccccc12. The van der Waals surface area contributed by atoms with Crippen molar-refractivity contribution < 1.29 is 0 Å². The van der Waals surface area contributed by atoms with Crippen molar-refractivity contribution in [3.05, 3.63) is 95.8 Å². The van der Waals surface area contributed by atoms with Crippen molar-refractivity contribution in [1.29, 1.82) is 0 Å². The molecule has 0 saturated heterocycles. The predicted molar refractivity (Wildman–Crippen MR) is 139 cm³/mol. The van der Waals surface area contributed by atoms with E-state index in [9.17, 15) is 0 Å². The summed E-state index contributed by atoms with van der Waals surface area (Å²) in [5, 5.41) is 5.20. The zero-order chi connectivity index (χ0) is 22.7. The van der Waals surface area contributed by atoms with Gasteiger partial charge in [-0.15, -0.1) is 0 Å². The molecule has 0 spiro atoms. The number of fused-ring (bicyclic) bond motifs is 6. The maximum atomic E-state index is 4.90. The third-order valence-corrected chi connectivity index (χ3v) is 7.13. The predicted octanol–water partition coefficient (Wildman–Crippen LogP) is 7.95. The van der Waals surface area contributed by atoms with Crippen LogP contribution >= 0.6 is 0 Å². The van der Waals surface area contributed by atoms with E-state index in [1.807, 2.05) is 0 Å². The molecule has 1 heterocycles. The third kappa shape index (κ3) is 3.01. The molecule has 0 radical (unpaired) electrons. The highest BCUT2D eigenvalue weighted by molar-refractivity contribution is 5.99. The molecule has 2 heteroatoms. The van der Waals surface area contributed by atoms with Crippen LogP contribution in [-0.2, 0) is 11.8 Å². The van der Waals surface area contributed by atoms with Gasteiger partial charge in [-0.25, -0.2) is 9.97 Å². The van der Waals surface area contributed by atoms with E-state index in [0.29, 0.717) is 5.92 Å². The monoisotopic (exact) mass is 428 g/mol. The first-order chi connectivity index (χ1) is 15.9. The minimum Gasteiger partial charge on any atom is -0.236 e. The van der Waals surface area contributed by atoms with Gasteiger partial charge in [-0.1, -0.05) is 88.4 Å². The van der Waals surface area contributed by atoms with Crippen LogP contribution in [0.4, 0.5) is 0 Å². The van der Waals surface area contributed by atoms with E-state index in [1.165, 1.54) is 49.4 Å². The molecule has 0 aliphatic heterocycles. The Balaban J connectivity index is 1.63. The van der Waals surface area contributed by atoms with Crippen LogP contribution in [0.2, 0.25) is 0 Å². The molecule has 0 bridgehead atoms. The first kappa shape index (κ1) is 20.1. The van der Waals surface area contributed by atoms with E-state index < -0.39 is 0 Å². The lowest BCUT2D eigenvalue weighted by molar-refractivity contribution is 0.650. The minimum absolute atomic E-state index is 0.189. The van der Waals surface area contributed by atoms with Gasteiger partial charge in [0, 0.05) is 22.1 Å². The van der Waals surface area contributed by atoms with Crippen LogP contribution in [0.15, 0.2) is 79.1 Å². The van der Waals surface area contributed by atoms with E-state index in [0.717, 1.165) is 17.8 Å². The van der Waals surface area contributed by atoms with Crippen LogP contribution in [-0.4, -0.2) is 9.97 Å². The Bertz CT molecular complexity index is 1540. The van der Waals surface area contributed by atoms with E-state index in [4.69, 9.17) is 9.97 Å². The molecule has 4 aromatic carbocycles. The highest BCUT2D eigenvalue weighted by Crippen LogP contribution is 2.53. The molecule has 0 N–H and O–H groups in total. The molecule has 1 aliphatic carbocycles. The summed E-state index contributed by atoms with van der Waals surface area (Å²) in [5.41, 5.74) is 8.36. The van der Waals surface area contributed by atoms with Crippen LogP contribution in [0, 0.1) is 5.92 Å². The third-order valence-electron chi connectivity index (χ3n) is 7.13. The lowest BCUT2D eigenvalue weighted by Crippen LogP contribution is -2.17. The average Bonchev–Trinajstić information content (AvgIpc) is 3.06. The number of hydrogen-bond acceptors (Lipinski definition) is 2. The van der Waals surface area contributed by atoms with Crippen molar-refractivity contribution in [1.82, 2.24) is 9.97 Å². The first-order valence-corrected chi connectivity index (χ1v) is 11.9. The smallest absolute Gasteiger partial charge is 0.116 e. The van der Waals surface area contributed by atoms with Crippen LogP contribution in [0.5, 0.6) is 0 Å². The van der Waals surface area contributed by atoms with Gasteiger partial charge in [-0.2, -0.15) is 0 Å². The van der Waals surface area contributed by atoms with Crippen molar-refractivity contribution in [3.63, 3.8) is 0 Å². The maximum absolute atomic E-state index is 4.90. The quantitative estimate of drug-likeness (QED) is 0.291. The molecule has 0 unspecified atom stereocenters. The fourth-order valence-electron chi connectivity index (χ4n) is 5.80. The van der Waals surface area contributed by atoms with E-state index in [-0.39, 0.29) is 5.41 Å². The Morgan fingerprint density at radius 1 is 0.727 bits per heavy atom. The number of aromatic nitrogens is 2. The summed E-state index contributed by atoms with van der Waals surface area (Å²) >= 11 is 0. The van der Waals surface area contributed by atoms with Gasteiger partial charge in [0.2, 0.25) is 0 Å². The molecular formula is C31H28N2. The number of benzene rings is 4. The van der Waals surface area contributed by atoms with Gasteiger partial charge in [0.15, 0.2) is 0 Å². The average molecular weight is 429 g/mol. The summed E-state index contributed by atoms with van der Waals surface area (Å²) in [5.74, 6) is 0.590. The lowest BCUT2D eigenvalue weighted by atomic mass is 9.78. The second-order valence-electron chi connectivity index (χ2n) is 10.2. The van der Waals surface area contributed by atoms with E-state index >= 15 is 0 Å². The second-order valence-corrected chi connectivity index (χ2v) is 10.2. The van der Waals surface area contributed by atoms with Crippen molar-refractivity contribution in [2.75, 3.05) is 0 Å². The summed E-state index contributed by atoms with van der Waals surface area (Å²) in [6.07, 6.45) is 2.79. The Morgan fingerprint density at radius 3 is 2.21 bits per heavy atom. The Hall–Kier alpha value is -3.52. The Morgan fingerprint density at radius 2 is 1.42 bits per heavy atom. The lowest BCUT2D eigenvalue weighted by Gasteiger charge is -2.25. The van der Waals surface area contributed by atoms with E-state index in [2.05, 4.69) is 100 Å². The molecule has 33 heavy (non-hydrogen) atoms. The summed E-state index contributed by atoms with van der Waals surface area (Å²) in [6.45, 7) is 9.23. The topological polar surface area (TPSA) is 25.8 Å². The van der Waals surface area contributed by atoms with Crippen LogP contribution in [0.25, 0.3) is 44.1 Å². The van der Waals surface area contributed by atoms with Crippen LogP contribution in [0.3, 0.4) is 0 Å². The van der Waals surface area contributed by atoms with E-state index in [1.54, 1.807) is 6.33 Å². The Kier molecular flexibility index (Phi) is 4.42. The number of hydrogen-bond donors (Lipinski definition) is 0. The van der Waals surface area contributed by atoms with Crippen molar-refractivity contribution in [2.24, 2.45) is 5.92 Å². The normalized spacial score (nSPS) is 14.1. The summed E-state index contributed by atoms with van der Waals surface area (Å²) < 4.78 is 0. The molecule has 5 aromatic rings. The molecule has 2 nitrogen and oxygen atoms in total. The molecule has 0 amide bonds. The Labute approximate surface area is 195 Å². The van der Waals surface area contributed by atoms with Gasteiger partial charge in [-0.3, -0.25) is 0 Å². The van der Waals surface area contributed by atoms with Crippen molar-refractivity contribution in [2.45, 2.75) is 39.5 Å². The van der Waals surface area contributed by atoms with Gasteiger partial charge in [-0.05, 0) is 57.1 Å². The molecule has 1 aliphatic rings. The van der Waals surface area contributed by atoms with Gasteiger partial charge in [0.1, 0.15) is 6.33 Å². The number of nitrogens with zero attached hydrogens (tertiary/aromatic N) is 2. The summed E-state index contributed by atoms with van der Waals surface area (Å²) in [7, 11) is 0. The molecule has 6 rings (SSSR count). The first-order valence-electron chi connectivity index (χ1n) is 11.9. The molecule has 0 atom stereocenters. The molecule has 1 aromatic heterocycles. The summed E-state index contributed by atoms with van der Waals surface area (Å²) in [4.78, 5) is 9.71.